The molecule has 0 spiro atoms. The zero-order chi connectivity index (χ0) is 23.7. The summed E-state index contributed by atoms with van der Waals surface area (Å²) in [6, 6.07) is 12.2. The number of sulfonamides is 1. The molecule has 0 aromatic heterocycles. The molecule has 1 heterocycles. The fourth-order valence-electron chi connectivity index (χ4n) is 3.61. The topological polar surface area (TPSA) is 84.9 Å². The highest BCUT2D eigenvalue weighted by molar-refractivity contribution is 7.89. The number of methoxy groups -OCH3 is 1. The largest absolute Gasteiger partial charge is 0.493 e. The number of rotatable bonds is 10. The van der Waals surface area contributed by atoms with Gasteiger partial charge in [0.1, 0.15) is 0 Å². The third-order valence-corrected chi connectivity index (χ3v) is 7.29. The molecule has 8 heteroatoms. The summed E-state index contributed by atoms with van der Waals surface area (Å²) in [6.07, 6.45) is 6.88. The van der Waals surface area contributed by atoms with Gasteiger partial charge in [-0.3, -0.25) is 4.79 Å². The molecule has 0 atom stereocenters. The van der Waals surface area contributed by atoms with Crippen molar-refractivity contribution in [2.75, 3.05) is 26.8 Å². The fourth-order valence-corrected chi connectivity index (χ4v) is 5.20. The second-order valence-corrected chi connectivity index (χ2v) is 9.86. The van der Waals surface area contributed by atoms with Crippen LogP contribution in [-0.4, -0.2) is 45.4 Å². The van der Waals surface area contributed by atoms with Crippen molar-refractivity contribution in [2.45, 2.75) is 44.0 Å². The molecule has 1 amide bonds. The van der Waals surface area contributed by atoms with Crippen LogP contribution >= 0.6 is 0 Å². The van der Waals surface area contributed by atoms with Gasteiger partial charge < -0.3 is 14.8 Å². The lowest BCUT2D eigenvalue weighted by atomic mass is 10.2. The maximum Gasteiger partial charge on any atom is 0.244 e. The number of hydrogen-bond donors (Lipinski definition) is 1. The van der Waals surface area contributed by atoms with Crippen molar-refractivity contribution >= 4 is 22.0 Å². The van der Waals surface area contributed by atoms with E-state index in [0.29, 0.717) is 31.2 Å². The molecule has 7 nitrogen and oxygen atoms in total. The van der Waals surface area contributed by atoms with E-state index in [2.05, 4.69) is 5.32 Å². The predicted octanol–water partition coefficient (Wildman–Crippen LogP) is 3.99. The van der Waals surface area contributed by atoms with Gasteiger partial charge in [-0.1, -0.05) is 31.5 Å². The van der Waals surface area contributed by atoms with Crippen molar-refractivity contribution in [3.05, 3.63) is 59.7 Å². The predicted molar refractivity (Wildman–Crippen MR) is 129 cm³/mol. The number of hydrogen-bond acceptors (Lipinski definition) is 5. The van der Waals surface area contributed by atoms with E-state index in [4.69, 9.17) is 9.47 Å². The lowest BCUT2D eigenvalue weighted by Gasteiger charge is -2.26. The Bertz CT molecular complexity index is 1080. The normalized spacial score (nSPS) is 14.8. The third-order valence-electron chi connectivity index (χ3n) is 5.39. The summed E-state index contributed by atoms with van der Waals surface area (Å²) in [5, 5.41) is 2.81. The van der Waals surface area contributed by atoms with Crippen LogP contribution in [0, 0.1) is 0 Å². The zero-order valence-electron chi connectivity index (χ0n) is 19.2. The van der Waals surface area contributed by atoms with Gasteiger partial charge in [-0.2, -0.15) is 4.31 Å². The number of amides is 1. The van der Waals surface area contributed by atoms with E-state index in [1.54, 1.807) is 41.8 Å². The smallest absolute Gasteiger partial charge is 0.244 e. The fraction of sp³-hybridized carbons (Fsp3) is 0.400. The van der Waals surface area contributed by atoms with E-state index in [0.717, 1.165) is 36.8 Å². The third kappa shape index (κ3) is 6.82. The number of piperidine rings is 1. The van der Waals surface area contributed by atoms with Gasteiger partial charge in [-0.05, 0) is 60.7 Å². The Kier molecular flexibility index (Phi) is 8.91. The minimum absolute atomic E-state index is 0.236. The zero-order valence-corrected chi connectivity index (χ0v) is 20.1. The highest BCUT2D eigenvalue weighted by Gasteiger charge is 2.25. The second-order valence-electron chi connectivity index (χ2n) is 7.92. The molecule has 2 aromatic carbocycles. The first-order chi connectivity index (χ1) is 15.9. The quantitative estimate of drug-likeness (QED) is 0.529. The molecule has 178 valence electrons. The lowest BCUT2D eigenvalue weighted by Crippen LogP contribution is -2.35. The number of nitrogens with zero attached hydrogens (tertiary/aromatic N) is 1. The molecule has 0 saturated carbocycles. The molecular weight excluding hydrogens is 440 g/mol. The van der Waals surface area contributed by atoms with Crippen molar-refractivity contribution in [1.29, 1.82) is 0 Å². The van der Waals surface area contributed by atoms with Crippen LogP contribution in [0.5, 0.6) is 11.5 Å². The monoisotopic (exact) mass is 472 g/mol. The van der Waals surface area contributed by atoms with Crippen molar-refractivity contribution in [3.8, 4) is 11.5 Å². The summed E-state index contributed by atoms with van der Waals surface area (Å²) < 4.78 is 38.3. The second kappa shape index (κ2) is 11.9. The van der Waals surface area contributed by atoms with E-state index in [-0.39, 0.29) is 17.3 Å². The number of ether oxygens (including phenoxy) is 2. The van der Waals surface area contributed by atoms with Crippen LogP contribution in [-0.2, 0) is 21.4 Å². The molecule has 0 unspecified atom stereocenters. The van der Waals surface area contributed by atoms with Gasteiger partial charge in [0.15, 0.2) is 11.5 Å². The highest BCUT2D eigenvalue weighted by Crippen LogP contribution is 2.28. The Hall–Kier alpha value is -2.84. The number of carbonyl (C=O) groups excluding carboxylic acids is 1. The summed E-state index contributed by atoms with van der Waals surface area (Å²) in [4.78, 5) is 12.6. The Morgan fingerprint density at radius 3 is 2.61 bits per heavy atom. The van der Waals surface area contributed by atoms with Crippen LogP contribution in [0.2, 0.25) is 0 Å². The molecule has 0 aliphatic carbocycles. The summed E-state index contributed by atoms with van der Waals surface area (Å²) >= 11 is 0. The summed E-state index contributed by atoms with van der Waals surface area (Å²) in [5.41, 5.74) is 1.54. The molecule has 0 bridgehead atoms. The van der Waals surface area contributed by atoms with Crippen molar-refractivity contribution in [1.82, 2.24) is 9.62 Å². The van der Waals surface area contributed by atoms with Crippen molar-refractivity contribution in [3.63, 3.8) is 0 Å². The van der Waals surface area contributed by atoms with Gasteiger partial charge >= 0.3 is 0 Å². The van der Waals surface area contributed by atoms with E-state index < -0.39 is 10.0 Å². The number of carbonyl (C=O) groups is 1. The van der Waals surface area contributed by atoms with E-state index in [1.807, 2.05) is 25.1 Å². The van der Waals surface area contributed by atoms with Crippen LogP contribution in [0.15, 0.2) is 53.4 Å². The first-order valence-corrected chi connectivity index (χ1v) is 12.7. The maximum absolute atomic E-state index is 12.9. The maximum atomic E-state index is 12.9. The summed E-state index contributed by atoms with van der Waals surface area (Å²) in [6.45, 7) is 4.00. The molecule has 2 aromatic rings. The number of benzene rings is 2. The van der Waals surface area contributed by atoms with Crippen LogP contribution in [0.25, 0.3) is 6.08 Å². The van der Waals surface area contributed by atoms with E-state index in [1.165, 1.54) is 6.08 Å². The average Bonchev–Trinajstić information content (AvgIpc) is 2.85. The van der Waals surface area contributed by atoms with Crippen LogP contribution in [0.4, 0.5) is 0 Å². The lowest BCUT2D eigenvalue weighted by molar-refractivity contribution is -0.116. The molecule has 1 N–H and O–H groups in total. The SMILES string of the molecule is CCCOc1ccc(/C=C/C(=O)NCc2cccc(S(=O)(=O)N3CCCCC3)c2)cc1OC. The van der Waals surface area contributed by atoms with Crippen molar-refractivity contribution < 1.29 is 22.7 Å². The number of nitrogens with one attached hydrogen (secondary N) is 1. The van der Waals surface area contributed by atoms with E-state index in [9.17, 15) is 13.2 Å². The summed E-state index contributed by atoms with van der Waals surface area (Å²) in [5.74, 6) is 1.00. The average molecular weight is 473 g/mol. The Morgan fingerprint density at radius 1 is 1.09 bits per heavy atom. The minimum Gasteiger partial charge on any atom is -0.493 e. The van der Waals surface area contributed by atoms with Crippen molar-refractivity contribution in [2.24, 2.45) is 0 Å². The summed E-state index contributed by atoms with van der Waals surface area (Å²) in [7, 11) is -1.92. The van der Waals surface area contributed by atoms with Crippen LogP contribution in [0.1, 0.15) is 43.7 Å². The Labute approximate surface area is 196 Å². The minimum atomic E-state index is -3.50. The molecule has 33 heavy (non-hydrogen) atoms. The Balaban J connectivity index is 1.60. The molecule has 1 aliphatic heterocycles. The molecule has 1 saturated heterocycles. The van der Waals surface area contributed by atoms with Gasteiger partial charge in [0, 0.05) is 25.7 Å². The standard InChI is InChI=1S/C25H32N2O5S/c1-3-16-32-23-12-10-20(18-24(23)31-2)11-13-25(28)26-19-21-8-7-9-22(17-21)33(29,30)27-14-5-4-6-15-27/h7-13,17-18H,3-6,14-16,19H2,1-2H3,(H,26,28)/b13-11+. The first kappa shape index (κ1) is 24.8. The molecule has 1 aliphatic rings. The van der Waals surface area contributed by atoms with Gasteiger partial charge in [-0.15, -0.1) is 0 Å². The van der Waals surface area contributed by atoms with Crippen LogP contribution < -0.4 is 14.8 Å². The molecular formula is C25H32N2O5S. The molecule has 0 radical (unpaired) electrons. The Morgan fingerprint density at radius 2 is 1.88 bits per heavy atom. The van der Waals surface area contributed by atoms with Gasteiger partial charge in [-0.25, -0.2) is 8.42 Å². The van der Waals surface area contributed by atoms with Gasteiger partial charge in [0.05, 0.1) is 18.6 Å². The molecule has 1 fully saturated rings. The van der Waals surface area contributed by atoms with E-state index >= 15 is 0 Å². The van der Waals surface area contributed by atoms with Gasteiger partial charge in [0.2, 0.25) is 15.9 Å². The van der Waals surface area contributed by atoms with Gasteiger partial charge in [0.25, 0.3) is 0 Å². The molecule has 3 rings (SSSR count). The highest BCUT2D eigenvalue weighted by atomic mass is 32.2. The van der Waals surface area contributed by atoms with Crippen LogP contribution in [0.3, 0.4) is 0 Å². The first-order valence-electron chi connectivity index (χ1n) is 11.3.